The SMILES string of the molecule is O=C(O)N(Cc1cccc(C(F)(F)F)c1)c1ccncc1. The number of alkyl halides is 3. The summed E-state index contributed by atoms with van der Waals surface area (Å²) in [6, 6.07) is 7.54. The summed E-state index contributed by atoms with van der Waals surface area (Å²) in [6.07, 6.45) is -2.88. The average Bonchev–Trinajstić information content (AvgIpc) is 2.45. The first kappa shape index (κ1) is 14.8. The summed E-state index contributed by atoms with van der Waals surface area (Å²) in [5, 5.41) is 9.20. The summed E-state index contributed by atoms with van der Waals surface area (Å²) in [5.74, 6) is 0. The van der Waals surface area contributed by atoms with E-state index in [2.05, 4.69) is 4.98 Å². The second-order valence-electron chi connectivity index (χ2n) is 4.27. The Hall–Kier alpha value is -2.57. The molecule has 4 nitrogen and oxygen atoms in total. The van der Waals surface area contributed by atoms with Crippen LogP contribution in [0.3, 0.4) is 0 Å². The number of amides is 1. The molecular weight excluding hydrogens is 285 g/mol. The monoisotopic (exact) mass is 296 g/mol. The largest absolute Gasteiger partial charge is 0.465 e. The average molecular weight is 296 g/mol. The summed E-state index contributed by atoms with van der Waals surface area (Å²) < 4.78 is 37.9. The van der Waals surface area contributed by atoms with Crippen molar-refractivity contribution in [2.75, 3.05) is 4.90 Å². The van der Waals surface area contributed by atoms with E-state index in [-0.39, 0.29) is 12.1 Å². The number of nitrogens with zero attached hydrogens (tertiary/aromatic N) is 2. The minimum absolute atomic E-state index is 0.177. The smallest absolute Gasteiger partial charge is 0.416 e. The highest BCUT2D eigenvalue weighted by Gasteiger charge is 2.30. The van der Waals surface area contributed by atoms with Crippen LogP contribution < -0.4 is 4.90 Å². The van der Waals surface area contributed by atoms with Crippen molar-refractivity contribution in [3.63, 3.8) is 0 Å². The van der Waals surface area contributed by atoms with Crippen LogP contribution in [-0.4, -0.2) is 16.2 Å². The molecule has 110 valence electrons. The molecule has 0 bridgehead atoms. The van der Waals surface area contributed by atoms with Crippen LogP contribution in [0.25, 0.3) is 0 Å². The maximum atomic E-state index is 12.6. The Bertz CT molecular complexity index is 630. The maximum absolute atomic E-state index is 12.6. The first-order chi connectivity index (χ1) is 9.88. The normalized spacial score (nSPS) is 11.2. The van der Waals surface area contributed by atoms with Gasteiger partial charge in [0.2, 0.25) is 0 Å². The predicted molar refractivity (Wildman–Crippen MR) is 69.9 cm³/mol. The molecule has 0 saturated carbocycles. The highest BCUT2D eigenvalue weighted by molar-refractivity contribution is 5.85. The van der Waals surface area contributed by atoms with Gasteiger partial charge in [-0.3, -0.25) is 9.88 Å². The summed E-state index contributed by atoms with van der Waals surface area (Å²) in [5.41, 5.74) is -0.209. The van der Waals surface area contributed by atoms with E-state index in [9.17, 15) is 23.1 Å². The van der Waals surface area contributed by atoms with E-state index < -0.39 is 17.8 Å². The Morgan fingerprint density at radius 3 is 2.43 bits per heavy atom. The highest BCUT2D eigenvalue weighted by atomic mass is 19.4. The van der Waals surface area contributed by atoms with Gasteiger partial charge in [0.25, 0.3) is 0 Å². The first-order valence-electron chi connectivity index (χ1n) is 5.94. The molecule has 1 heterocycles. The molecule has 0 unspecified atom stereocenters. The summed E-state index contributed by atoms with van der Waals surface area (Å²) >= 11 is 0. The fourth-order valence-electron chi connectivity index (χ4n) is 1.82. The van der Waals surface area contributed by atoms with Crippen molar-refractivity contribution in [3.05, 3.63) is 59.9 Å². The number of pyridine rings is 1. The summed E-state index contributed by atoms with van der Waals surface area (Å²) in [6.45, 7) is -0.177. The van der Waals surface area contributed by atoms with E-state index in [0.717, 1.165) is 17.0 Å². The van der Waals surface area contributed by atoms with Gasteiger partial charge in [-0.15, -0.1) is 0 Å². The maximum Gasteiger partial charge on any atom is 0.416 e. The van der Waals surface area contributed by atoms with Crippen LogP contribution in [0.1, 0.15) is 11.1 Å². The molecule has 0 radical (unpaired) electrons. The number of rotatable bonds is 3. The fraction of sp³-hybridized carbons (Fsp3) is 0.143. The zero-order valence-electron chi connectivity index (χ0n) is 10.7. The van der Waals surface area contributed by atoms with Gasteiger partial charge < -0.3 is 5.11 Å². The van der Waals surface area contributed by atoms with E-state index in [1.54, 1.807) is 0 Å². The van der Waals surface area contributed by atoms with E-state index >= 15 is 0 Å². The molecular formula is C14H11F3N2O2. The third kappa shape index (κ3) is 3.71. The van der Waals surface area contributed by atoms with Crippen LogP contribution in [-0.2, 0) is 12.7 Å². The Labute approximate surface area is 118 Å². The van der Waals surface area contributed by atoms with Gasteiger partial charge in [-0.25, -0.2) is 4.79 Å². The van der Waals surface area contributed by atoms with Crippen LogP contribution in [0, 0.1) is 0 Å². The molecule has 0 aliphatic rings. The van der Waals surface area contributed by atoms with Crippen LogP contribution in [0.2, 0.25) is 0 Å². The molecule has 1 N–H and O–H groups in total. The van der Waals surface area contributed by atoms with Crippen LogP contribution >= 0.6 is 0 Å². The van der Waals surface area contributed by atoms with Crippen molar-refractivity contribution in [3.8, 4) is 0 Å². The minimum atomic E-state index is -4.46. The Kier molecular flexibility index (Phi) is 4.11. The predicted octanol–water partition coefficient (Wildman–Crippen LogP) is 3.79. The van der Waals surface area contributed by atoms with Crippen LogP contribution in [0.5, 0.6) is 0 Å². The molecule has 1 aromatic carbocycles. The molecule has 0 atom stereocenters. The molecule has 0 saturated heterocycles. The molecule has 0 aliphatic heterocycles. The molecule has 1 amide bonds. The van der Waals surface area contributed by atoms with Gasteiger partial charge in [-0.05, 0) is 29.8 Å². The van der Waals surface area contributed by atoms with E-state index in [1.807, 2.05) is 0 Å². The second kappa shape index (κ2) is 5.82. The Morgan fingerprint density at radius 1 is 1.19 bits per heavy atom. The first-order valence-corrected chi connectivity index (χ1v) is 5.94. The number of halogens is 3. The molecule has 7 heteroatoms. The molecule has 0 spiro atoms. The molecule has 0 aliphatic carbocycles. The van der Waals surface area contributed by atoms with E-state index in [1.165, 1.54) is 36.7 Å². The Morgan fingerprint density at radius 2 is 1.86 bits per heavy atom. The topological polar surface area (TPSA) is 53.4 Å². The van der Waals surface area contributed by atoms with Crippen molar-refractivity contribution in [2.45, 2.75) is 12.7 Å². The van der Waals surface area contributed by atoms with Gasteiger partial charge in [0.1, 0.15) is 0 Å². The quantitative estimate of drug-likeness (QED) is 0.937. The minimum Gasteiger partial charge on any atom is -0.465 e. The van der Waals surface area contributed by atoms with Gasteiger partial charge in [-0.2, -0.15) is 13.2 Å². The van der Waals surface area contributed by atoms with Crippen LogP contribution in [0.15, 0.2) is 48.8 Å². The molecule has 21 heavy (non-hydrogen) atoms. The lowest BCUT2D eigenvalue weighted by atomic mass is 10.1. The number of anilines is 1. The zero-order valence-corrected chi connectivity index (χ0v) is 10.7. The van der Waals surface area contributed by atoms with Gasteiger partial charge in [-0.1, -0.05) is 12.1 Å². The van der Waals surface area contributed by atoms with E-state index in [4.69, 9.17) is 0 Å². The third-order valence-electron chi connectivity index (χ3n) is 2.80. The van der Waals surface area contributed by atoms with Crippen molar-refractivity contribution >= 4 is 11.8 Å². The Balaban J connectivity index is 2.28. The number of aromatic nitrogens is 1. The third-order valence-corrected chi connectivity index (χ3v) is 2.80. The van der Waals surface area contributed by atoms with Crippen molar-refractivity contribution in [2.24, 2.45) is 0 Å². The lowest BCUT2D eigenvalue weighted by molar-refractivity contribution is -0.137. The number of carboxylic acid groups (broad SMARTS) is 1. The number of hydrogen-bond donors (Lipinski definition) is 1. The zero-order chi connectivity index (χ0) is 15.5. The van der Waals surface area contributed by atoms with Gasteiger partial charge in [0.05, 0.1) is 17.8 Å². The van der Waals surface area contributed by atoms with Gasteiger partial charge in [0, 0.05) is 12.4 Å². The van der Waals surface area contributed by atoms with E-state index in [0.29, 0.717) is 5.69 Å². The number of carbonyl (C=O) groups is 1. The van der Waals surface area contributed by atoms with Gasteiger partial charge >= 0.3 is 12.3 Å². The molecule has 2 rings (SSSR count). The number of benzene rings is 1. The molecule has 1 aromatic heterocycles. The highest BCUT2D eigenvalue weighted by Crippen LogP contribution is 2.30. The lowest BCUT2D eigenvalue weighted by Crippen LogP contribution is -2.28. The molecule has 2 aromatic rings. The second-order valence-corrected chi connectivity index (χ2v) is 4.27. The van der Waals surface area contributed by atoms with Crippen LogP contribution in [0.4, 0.5) is 23.7 Å². The van der Waals surface area contributed by atoms with Crippen molar-refractivity contribution in [1.29, 1.82) is 0 Å². The number of hydrogen-bond acceptors (Lipinski definition) is 2. The summed E-state index contributed by atoms with van der Waals surface area (Å²) in [7, 11) is 0. The van der Waals surface area contributed by atoms with Crippen molar-refractivity contribution < 1.29 is 23.1 Å². The fourth-order valence-corrected chi connectivity index (χ4v) is 1.82. The summed E-state index contributed by atoms with van der Waals surface area (Å²) in [4.78, 5) is 16.0. The molecule has 0 fully saturated rings. The standard InChI is InChI=1S/C14H11F3N2O2/c15-14(16,17)11-3-1-2-10(8-11)9-19(13(20)21)12-4-6-18-7-5-12/h1-8H,9H2,(H,20,21). The lowest BCUT2D eigenvalue weighted by Gasteiger charge is -2.19. The van der Waals surface area contributed by atoms with Crippen molar-refractivity contribution in [1.82, 2.24) is 4.98 Å². The van der Waals surface area contributed by atoms with Gasteiger partial charge in [0.15, 0.2) is 0 Å².